The van der Waals surface area contributed by atoms with E-state index in [0.717, 1.165) is 6.54 Å². The summed E-state index contributed by atoms with van der Waals surface area (Å²) >= 11 is 4.40. The van der Waals surface area contributed by atoms with Crippen LogP contribution in [0, 0.1) is 0 Å². The second kappa shape index (κ2) is 8.42. The summed E-state index contributed by atoms with van der Waals surface area (Å²) in [7, 11) is 0.315. The monoisotopic (exact) mass is 386 g/mol. The molecule has 0 unspecified atom stereocenters. The zero-order chi connectivity index (χ0) is 15.2. The van der Waals surface area contributed by atoms with Crippen molar-refractivity contribution in [2.45, 2.75) is 11.5 Å². The van der Waals surface area contributed by atoms with Gasteiger partial charge < -0.3 is 14.7 Å². The van der Waals surface area contributed by atoms with Crippen LogP contribution in [0.2, 0.25) is 0 Å². The van der Waals surface area contributed by atoms with Crippen LogP contribution in [-0.2, 0) is 21.4 Å². The van der Waals surface area contributed by atoms with E-state index in [2.05, 4.69) is 20.7 Å². The number of nitrogens with one attached hydrogen (secondary N) is 1. The lowest BCUT2D eigenvalue weighted by atomic mass is 10.5. The molecule has 2 N–H and O–H groups in total. The molecule has 20 heavy (non-hydrogen) atoms. The van der Waals surface area contributed by atoms with Crippen molar-refractivity contribution in [2.24, 2.45) is 0 Å². The fraction of sp³-hybridized carbons (Fsp3) is 0.636. The van der Waals surface area contributed by atoms with Crippen LogP contribution >= 0.6 is 27.3 Å². The topological polar surface area (TPSA) is 78.9 Å². The summed E-state index contributed by atoms with van der Waals surface area (Å²) in [6.45, 7) is 1.72. The Kier molecular flexibility index (Phi) is 7.59. The number of likely N-dealkylation sites (N-methyl/N-ethyl adjacent to an activating group) is 1. The molecule has 0 amide bonds. The van der Waals surface area contributed by atoms with E-state index in [4.69, 9.17) is 9.84 Å². The van der Waals surface area contributed by atoms with Gasteiger partial charge in [0.1, 0.15) is 4.90 Å². The molecular weight excluding hydrogens is 368 g/mol. The summed E-state index contributed by atoms with van der Waals surface area (Å²) in [6, 6.07) is 1.46. The van der Waals surface area contributed by atoms with E-state index in [1.807, 2.05) is 19.0 Å². The van der Waals surface area contributed by atoms with Gasteiger partial charge in [-0.15, -0.1) is 11.3 Å². The van der Waals surface area contributed by atoms with Crippen molar-refractivity contribution in [3.63, 3.8) is 0 Å². The predicted molar refractivity (Wildman–Crippen MR) is 82.5 cm³/mol. The highest BCUT2D eigenvalue weighted by Crippen LogP contribution is 2.31. The van der Waals surface area contributed by atoms with Crippen LogP contribution in [0.1, 0.15) is 4.88 Å². The van der Waals surface area contributed by atoms with Crippen molar-refractivity contribution in [2.75, 3.05) is 40.4 Å². The van der Waals surface area contributed by atoms with Crippen LogP contribution in [0.5, 0.6) is 0 Å². The molecule has 9 heteroatoms. The Labute approximate surface area is 131 Å². The molecule has 0 atom stereocenters. The molecule has 0 fully saturated rings. The van der Waals surface area contributed by atoms with Crippen molar-refractivity contribution >= 4 is 37.3 Å². The summed E-state index contributed by atoms with van der Waals surface area (Å²) in [5, 5.41) is 9.01. The Morgan fingerprint density at radius 2 is 2.15 bits per heavy atom. The van der Waals surface area contributed by atoms with Gasteiger partial charge in [0.2, 0.25) is 10.0 Å². The Bertz CT molecular complexity index is 516. The van der Waals surface area contributed by atoms with Crippen molar-refractivity contribution in [3.8, 4) is 0 Å². The Morgan fingerprint density at radius 1 is 1.45 bits per heavy atom. The summed E-state index contributed by atoms with van der Waals surface area (Å²) in [4.78, 5) is 2.74. The molecule has 0 aromatic carbocycles. The molecule has 0 saturated carbocycles. The van der Waals surface area contributed by atoms with Crippen LogP contribution in [0.4, 0.5) is 0 Å². The molecular formula is C11H19BrN2O4S2. The van der Waals surface area contributed by atoms with Crippen molar-refractivity contribution in [1.82, 2.24) is 9.62 Å². The van der Waals surface area contributed by atoms with E-state index in [9.17, 15) is 8.42 Å². The number of aliphatic hydroxyl groups excluding tert-OH is 1. The lowest BCUT2D eigenvalue weighted by Crippen LogP contribution is -2.28. The fourth-order valence-corrected chi connectivity index (χ4v) is 4.89. The number of aliphatic hydroxyl groups is 1. The Balaban J connectivity index is 2.43. The fourth-order valence-electron chi connectivity index (χ4n) is 1.33. The number of hydrogen-bond acceptors (Lipinski definition) is 6. The number of hydrogen-bond donors (Lipinski definition) is 2. The van der Waals surface area contributed by atoms with Crippen molar-refractivity contribution < 1.29 is 18.3 Å². The van der Waals surface area contributed by atoms with Gasteiger partial charge in [0.15, 0.2) is 0 Å². The van der Waals surface area contributed by atoms with Gasteiger partial charge in [-0.25, -0.2) is 13.1 Å². The minimum absolute atomic E-state index is 0.153. The van der Waals surface area contributed by atoms with E-state index in [-0.39, 0.29) is 18.0 Å². The normalized spacial score (nSPS) is 12.2. The molecule has 0 spiro atoms. The number of rotatable bonds is 9. The number of nitrogens with zero attached hydrogens (tertiary/aromatic N) is 1. The van der Waals surface area contributed by atoms with Crippen molar-refractivity contribution in [1.29, 1.82) is 0 Å². The predicted octanol–water partition coefficient (Wildman–Crippen LogP) is 0.859. The minimum atomic E-state index is -3.57. The highest BCUT2D eigenvalue weighted by atomic mass is 79.9. The summed E-state index contributed by atoms with van der Waals surface area (Å²) < 4.78 is 32.4. The molecule has 0 aliphatic rings. The number of halogens is 1. The van der Waals surface area contributed by atoms with Crippen molar-refractivity contribution in [3.05, 3.63) is 14.7 Å². The number of ether oxygens (including phenoxy) is 1. The number of thiophene rings is 1. The molecule has 0 saturated heterocycles. The maximum atomic E-state index is 12.0. The van der Waals surface area contributed by atoms with E-state index in [1.54, 1.807) is 0 Å². The maximum absolute atomic E-state index is 12.0. The molecule has 116 valence electrons. The zero-order valence-corrected chi connectivity index (χ0v) is 14.6. The average molecular weight is 387 g/mol. The van der Waals surface area contributed by atoms with Crippen LogP contribution in [-0.4, -0.2) is 58.8 Å². The summed E-state index contributed by atoms with van der Waals surface area (Å²) in [5.41, 5.74) is 0. The molecule has 1 aromatic rings. The van der Waals surface area contributed by atoms with E-state index in [1.165, 1.54) is 17.4 Å². The van der Waals surface area contributed by atoms with Gasteiger partial charge >= 0.3 is 0 Å². The molecule has 6 nitrogen and oxygen atoms in total. The third-order valence-corrected chi connectivity index (χ3v) is 6.07. The van der Waals surface area contributed by atoms with Gasteiger partial charge in [0.25, 0.3) is 0 Å². The molecule has 1 heterocycles. The molecule has 0 radical (unpaired) electrons. The van der Waals surface area contributed by atoms with Gasteiger partial charge in [-0.05, 0) is 36.1 Å². The second-order valence-corrected chi connectivity index (χ2v) is 8.51. The third kappa shape index (κ3) is 5.76. The first-order valence-electron chi connectivity index (χ1n) is 5.98. The number of sulfonamides is 1. The SMILES string of the molecule is CN(C)CCOCCNS(=O)(=O)c1cc(CO)sc1Br. The van der Waals surface area contributed by atoms with Crippen LogP contribution in [0.3, 0.4) is 0 Å². The smallest absolute Gasteiger partial charge is 0.242 e. The van der Waals surface area contributed by atoms with E-state index < -0.39 is 10.0 Å². The van der Waals surface area contributed by atoms with Gasteiger partial charge in [-0.2, -0.15) is 0 Å². The van der Waals surface area contributed by atoms with E-state index in [0.29, 0.717) is 21.9 Å². The standard InChI is InChI=1S/C11H19BrN2O4S2/c1-14(2)4-6-18-5-3-13-20(16,17)10-7-9(8-15)19-11(10)12/h7,13,15H,3-6,8H2,1-2H3. The first-order valence-corrected chi connectivity index (χ1v) is 9.07. The highest BCUT2D eigenvalue weighted by molar-refractivity contribution is 9.11. The zero-order valence-electron chi connectivity index (χ0n) is 11.4. The van der Waals surface area contributed by atoms with Gasteiger partial charge in [0.05, 0.1) is 23.6 Å². The van der Waals surface area contributed by atoms with Crippen LogP contribution < -0.4 is 4.72 Å². The van der Waals surface area contributed by atoms with Crippen LogP contribution in [0.25, 0.3) is 0 Å². The molecule has 0 bridgehead atoms. The summed E-state index contributed by atoms with van der Waals surface area (Å²) in [5.74, 6) is 0. The Morgan fingerprint density at radius 3 is 2.70 bits per heavy atom. The van der Waals surface area contributed by atoms with E-state index >= 15 is 0 Å². The lowest BCUT2D eigenvalue weighted by Gasteiger charge is -2.10. The van der Waals surface area contributed by atoms with Gasteiger partial charge in [-0.1, -0.05) is 0 Å². The molecule has 1 rings (SSSR count). The lowest BCUT2D eigenvalue weighted by molar-refractivity contribution is 0.122. The minimum Gasteiger partial charge on any atom is -0.391 e. The molecule has 1 aromatic heterocycles. The maximum Gasteiger partial charge on any atom is 0.242 e. The Hall–Kier alpha value is -0.0300. The first kappa shape index (κ1) is 18.0. The molecule has 0 aliphatic heterocycles. The first-order chi connectivity index (χ1) is 9.36. The quantitative estimate of drug-likeness (QED) is 0.615. The average Bonchev–Trinajstić information content (AvgIpc) is 2.75. The summed E-state index contributed by atoms with van der Waals surface area (Å²) in [6.07, 6.45) is 0. The second-order valence-electron chi connectivity index (χ2n) is 4.32. The van der Waals surface area contributed by atoms with Crippen LogP contribution in [0.15, 0.2) is 14.7 Å². The largest absolute Gasteiger partial charge is 0.391 e. The van der Waals surface area contributed by atoms with Gasteiger partial charge in [-0.3, -0.25) is 0 Å². The highest BCUT2D eigenvalue weighted by Gasteiger charge is 2.20. The molecule has 0 aliphatic carbocycles. The third-order valence-electron chi connectivity index (χ3n) is 2.37. The van der Waals surface area contributed by atoms with Gasteiger partial charge in [0, 0.05) is 18.0 Å².